The van der Waals surface area contributed by atoms with Crippen LogP contribution in [-0.4, -0.2) is 23.8 Å². The van der Waals surface area contributed by atoms with Crippen molar-refractivity contribution >= 4 is 10.9 Å². The highest BCUT2D eigenvalue weighted by Gasteiger charge is 2.45. The molecule has 1 aliphatic rings. The van der Waals surface area contributed by atoms with Crippen LogP contribution < -0.4 is 0 Å². The molecule has 3 rings (SSSR count). The average molecular weight is 257 g/mol. The highest BCUT2D eigenvalue weighted by Crippen LogP contribution is 2.46. The third-order valence-electron chi connectivity index (χ3n) is 3.95. The summed E-state index contributed by atoms with van der Waals surface area (Å²) in [6.07, 6.45) is 2.15. The summed E-state index contributed by atoms with van der Waals surface area (Å²) < 4.78 is 5.23. The van der Waals surface area contributed by atoms with E-state index in [-0.39, 0.29) is 0 Å². The number of hydrogen-bond acceptors (Lipinski definition) is 3. The first-order valence-electron chi connectivity index (χ1n) is 6.73. The second-order valence-electron chi connectivity index (χ2n) is 5.49. The zero-order valence-corrected chi connectivity index (χ0v) is 11.4. The van der Waals surface area contributed by atoms with Gasteiger partial charge in [-0.2, -0.15) is 0 Å². The molecule has 1 aromatic heterocycles. The lowest BCUT2D eigenvalue weighted by molar-refractivity contribution is -0.0531. The van der Waals surface area contributed by atoms with E-state index in [4.69, 9.17) is 4.74 Å². The van der Waals surface area contributed by atoms with Gasteiger partial charge in [-0.15, -0.1) is 0 Å². The molecule has 0 bridgehead atoms. The number of aliphatic hydroxyl groups is 1. The molecule has 0 amide bonds. The number of rotatable bonds is 4. The van der Waals surface area contributed by atoms with Gasteiger partial charge >= 0.3 is 0 Å². The van der Waals surface area contributed by atoms with Gasteiger partial charge in [0.15, 0.2) is 0 Å². The molecule has 1 N–H and O–H groups in total. The predicted molar refractivity (Wildman–Crippen MR) is 75.0 cm³/mol. The Hall–Kier alpha value is -1.45. The lowest BCUT2D eigenvalue weighted by Gasteiger charge is -2.28. The maximum Gasteiger partial charge on any atom is 0.116 e. The van der Waals surface area contributed by atoms with E-state index in [9.17, 15) is 5.11 Å². The number of hydrogen-bond donors (Lipinski definition) is 1. The summed E-state index contributed by atoms with van der Waals surface area (Å²) in [4.78, 5) is 4.49. The summed E-state index contributed by atoms with van der Waals surface area (Å²) in [5, 5.41) is 12.0. The topological polar surface area (TPSA) is 42.4 Å². The molecule has 1 heterocycles. The van der Waals surface area contributed by atoms with Crippen LogP contribution in [0.25, 0.3) is 10.9 Å². The first-order chi connectivity index (χ1) is 9.13. The molecule has 2 aromatic rings. The highest BCUT2D eigenvalue weighted by atomic mass is 16.5. The first-order valence-corrected chi connectivity index (χ1v) is 6.73. The van der Waals surface area contributed by atoms with Gasteiger partial charge in [0.1, 0.15) is 5.60 Å². The fraction of sp³-hybridized carbons (Fsp3) is 0.438. The van der Waals surface area contributed by atoms with Crippen LogP contribution >= 0.6 is 0 Å². The summed E-state index contributed by atoms with van der Waals surface area (Å²) in [7, 11) is 1.64. The van der Waals surface area contributed by atoms with Crippen LogP contribution in [-0.2, 0) is 10.3 Å². The number of nitrogens with zero attached hydrogens (tertiary/aromatic N) is 1. The molecule has 100 valence electrons. The molecule has 1 saturated carbocycles. The van der Waals surface area contributed by atoms with Gasteiger partial charge in [0.2, 0.25) is 0 Å². The number of aryl methyl sites for hydroxylation is 1. The number of pyridine rings is 1. The molecule has 1 atom stereocenters. The number of benzene rings is 1. The minimum atomic E-state index is -0.853. The van der Waals surface area contributed by atoms with E-state index in [0.29, 0.717) is 12.5 Å². The van der Waals surface area contributed by atoms with E-state index in [1.54, 1.807) is 7.11 Å². The summed E-state index contributed by atoms with van der Waals surface area (Å²) >= 11 is 0. The van der Waals surface area contributed by atoms with E-state index in [0.717, 1.165) is 35.0 Å². The normalized spacial score (nSPS) is 18.5. The minimum absolute atomic E-state index is 0.323. The molecule has 1 aromatic carbocycles. The molecule has 3 heteroatoms. The van der Waals surface area contributed by atoms with Crippen LogP contribution in [0.2, 0.25) is 0 Å². The lowest BCUT2D eigenvalue weighted by Crippen LogP contribution is -2.33. The second kappa shape index (κ2) is 4.58. The van der Waals surface area contributed by atoms with Gasteiger partial charge in [0.05, 0.1) is 12.1 Å². The van der Waals surface area contributed by atoms with Crippen molar-refractivity contribution in [1.29, 1.82) is 0 Å². The Morgan fingerprint density at radius 3 is 2.79 bits per heavy atom. The SMILES string of the molecule is COCC(O)(c1ccc2nc(C)ccc2c1)C1CC1. The van der Waals surface area contributed by atoms with Gasteiger partial charge in [0, 0.05) is 18.2 Å². The van der Waals surface area contributed by atoms with E-state index in [2.05, 4.69) is 11.1 Å². The van der Waals surface area contributed by atoms with E-state index >= 15 is 0 Å². The monoisotopic (exact) mass is 257 g/mol. The minimum Gasteiger partial charge on any atom is -0.382 e. The van der Waals surface area contributed by atoms with Crippen LogP contribution in [0.15, 0.2) is 30.3 Å². The summed E-state index contributed by atoms with van der Waals surface area (Å²) in [5.41, 5.74) is 2.07. The van der Waals surface area contributed by atoms with Gasteiger partial charge in [-0.3, -0.25) is 4.98 Å². The quantitative estimate of drug-likeness (QED) is 0.915. The highest BCUT2D eigenvalue weighted by molar-refractivity contribution is 5.79. The fourth-order valence-corrected chi connectivity index (χ4v) is 2.71. The number of fused-ring (bicyclic) bond motifs is 1. The van der Waals surface area contributed by atoms with E-state index < -0.39 is 5.60 Å². The molecule has 1 fully saturated rings. The summed E-state index contributed by atoms with van der Waals surface area (Å²) in [5.74, 6) is 0.323. The third kappa shape index (κ3) is 2.24. The van der Waals surface area contributed by atoms with Crippen molar-refractivity contribution in [2.75, 3.05) is 13.7 Å². The van der Waals surface area contributed by atoms with E-state index in [1.807, 2.05) is 31.2 Å². The Balaban J connectivity index is 2.06. The molecule has 1 aliphatic carbocycles. The lowest BCUT2D eigenvalue weighted by atomic mass is 9.88. The molecular weight excluding hydrogens is 238 g/mol. The van der Waals surface area contributed by atoms with Crippen molar-refractivity contribution in [3.8, 4) is 0 Å². The number of aromatic nitrogens is 1. The number of ether oxygens (including phenoxy) is 1. The summed E-state index contributed by atoms with van der Waals surface area (Å²) in [6.45, 7) is 2.33. The molecule has 0 saturated heterocycles. The zero-order chi connectivity index (χ0) is 13.5. The zero-order valence-electron chi connectivity index (χ0n) is 11.4. The molecule has 0 aliphatic heterocycles. The Labute approximate surface area is 113 Å². The Morgan fingerprint density at radius 2 is 2.11 bits per heavy atom. The molecule has 19 heavy (non-hydrogen) atoms. The van der Waals surface area contributed by atoms with Gasteiger partial charge in [0.25, 0.3) is 0 Å². The Morgan fingerprint density at radius 1 is 1.32 bits per heavy atom. The summed E-state index contributed by atoms with van der Waals surface area (Å²) in [6, 6.07) is 10.1. The second-order valence-corrected chi connectivity index (χ2v) is 5.49. The maximum absolute atomic E-state index is 10.9. The van der Waals surface area contributed by atoms with E-state index in [1.165, 1.54) is 0 Å². The fourth-order valence-electron chi connectivity index (χ4n) is 2.71. The van der Waals surface area contributed by atoms with Crippen molar-refractivity contribution < 1.29 is 9.84 Å². The third-order valence-corrected chi connectivity index (χ3v) is 3.95. The smallest absolute Gasteiger partial charge is 0.116 e. The number of methoxy groups -OCH3 is 1. The largest absolute Gasteiger partial charge is 0.382 e. The molecule has 0 spiro atoms. The first kappa shape index (κ1) is 12.6. The van der Waals surface area contributed by atoms with Gasteiger partial charge in [-0.05, 0) is 49.4 Å². The molecular formula is C16H19NO2. The van der Waals surface area contributed by atoms with Crippen LogP contribution in [0.3, 0.4) is 0 Å². The average Bonchev–Trinajstić information content (AvgIpc) is 3.23. The van der Waals surface area contributed by atoms with Gasteiger partial charge < -0.3 is 9.84 Å². The van der Waals surface area contributed by atoms with Crippen LogP contribution in [0, 0.1) is 12.8 Å². The van der Waals surface area contributed by atoms with Crippen LogP contribution in [0.5, 0.6) is 0 Å². The molecule has 3 nitrogen and oxygen atoms in total. The maximum atomic E-state index is 10.9. The van der Waals surface area contributed by atoms with Crippen molar-refractivity contribution in [2.45, 2.75) is 25.4 Å². The Kier molecular flexibility index (Phi) is 3.03. The van der Waals surface area contributed by atoms with Crippen molar-refractivity contribution in [3.05, 3.63) is 41.6 Å². The standard InChI is InChI=1S/C16H19NO2/c1-11-3-4-12-9-14(7-8-15(12)17-11)16(18,10-19-2)13-5-6-13/h3-4,7-9,13,18H,5-6,10H2,1-2H3. The van der Waals surface area contributed by atoms with Crippen LogP contribution in [0.4, 0.5) is 0 Å². The van der Waals surface area contributed by atoms with Crippen molar-refractivity contribution in [1.82, 2.24) is 4.98 Å². The Bertz CT molecular complexity index is 607. The van der Waals surface area contributed by atoms with Gasteiger partial charge in [-0.25, -0.2) is 0 Å². The molecule has 1 unspecified atom stereocenters. The van der Waals surface area contributed by atoms with Crippen molar-refractivity contribution in [2.24, 2.45) is 5.92 Å². The van der Waals surface area contributed by atoms with Crippen LogP contribution in [0.1, 0.15) is 24.1 Å². The predicted octanol–water partition coefficient (Wildman–Crippen LogP) is 2.79. The van der Waals surface area contributed by atoms with Gasteiger partial charge in [-0.1, -0.05) is 12.1 Å². The molecule has 0 radical (unpaired) electrons. The van der Waals surface area contributed by atoms with Crippen molar-refractivity contribution in [3.63, 3.8) is 0 Å².